The predicted molar refractivity (Wildman–Crippen MR) is 78.3 cm³/mol. The molecule has 1 unspecified atom stereocenters. The Kier molecular flexibility index (Phi) is 3.35. The van der Waals surface area contributed by atoms with Crippen LogP contribution in [-0.2, 0) is 9.31 Å². The lowest BCUT2D eigenvalue weighted by molar-refractivity contribution is 0.00578. The van der Waals surface area contributed by atoms with Crippen LogP contribution in [0.15, 0.2) is 12.1 Å². The van der Waals surface area contributed by atoms with E-state index in [9.17, 15) is 8.78 Å². The average Bonchev–Trinajstić information content (AvgIpc) is 3.15. The van der Waals surface area contributed by atoms with E-state index in [0.717, 1.165) is 12.1 Å². The lowest BCUT2D eigenvalue weighted by Gasteiger charge is -2.32. The molecule has 22 heavy (non-hydrogen) atoms. The van der Waals surface area contributed by atoms with Crippen LogP contribution in [0.5, 0.6) is 0 Å². The maximum Gasteiger partial charge on any atom is 0.461 e. The van der Waals surface area contributed by atoms with Crippen LogP contribution in [0.1, 0.15) is 51.2 Å². The Labute approximate surface area is 129 Å². The van der Waals surface area contributed by atoms with E-state index in [1.807, 2.05) is 27.7 Å². The van der Waals surface area contributed by atoms with Crippen molar-refractivity contribution in [1.29, 1.82) is 5.26 Å². The zero-order valence-corrected chi connectivity index (χ0v) is 13.1. The second-order valence-corrected chi connectivity index (χ2v) is 7.10. The van der Waals surface area contributed by atoms with Gasteiger partial charge in [0.15, 0.2) is 0 Å². The molecule has 1 aliphatic heterocycles. The summed E-state index contributed by atoms with van der Waals surface area (Å²) in [5.41, 5.74) is -0.830. The molecule has 1 saturated carbocycles. The monoisotopic (exact) mass is 305 g/mol. The van der Waals surface area contributed by atoms with Gasteiger partial charge in [-0.3, -0.25) is 0 Å². The fourth-order valence-corrected chi connectivity index (χ4v) is 2.87. The molecule has 0 aromatic heterocycles. The molecule has 1 heterocycles. The van der Waals surface area contributed by atoms with Gasteiger partial charge in [-0.1, -0.05) is 0 Å². The van der Waals surface area contributed by atoms with E-state index in [1.165, 1.54) is 0 Å². The summed E-state index contributed by atoms with van der Waals surface area (Å²) in [6.07, 6.45) is 0.694. The summed E-state index contributed by atoms with van der Waals surface area (Å²) >= 11 is 0. The highest BCUT2D eigenvalue weighted by Crippen LogP contribution is 2.58. The predicted octanol–water partition coefficient (Wildman–Crippen LogP) is 3.79. The molecule has 3 nitrogen and oxygen atoms in total. The molecule has 1 aromatic rings. The number of halogens is 2. The van der Waals surface area contributed by atoms with E-state index in [0.29, 0.717) is 12.0 Å². The van der Waals surface area contributed by atoms with Gasteiger partial charge in [-0.2, -0.15) is 5.26 Å². The van der Waals surface area contributed by atoms with Crippen LogP contribution in [0.4, 0.5) is 8.78 Å². The van der Waals surface area contributed by atoms with Crippen LogP contribution in [0, 0.1) is 23.0 Å². The summed E-state index contributed by atoms with van der Waals surface area (Å²) in [7, 11) is -0.409. The van der Waals surface area contributed by atoms with Gasteiger partial charge in [0, 0.05) is 5.82 Å². The first-order valence-electron chi connectivity index (χ1n) is 7.41. The maximum absolute atomic E-state index is 14.1. The normalized spacial score (nSPS) is 28.5. The molecular formula is C16H18BF2NO2. The fraction of sp³-hybridized carbons (Fsp3) is 0.562. The van der Waals surface area contributed by atoms with Crippen molar-refractivity contribution < 1.29 is 18.1 Å². The van der Waals surface area contributed by atoms with Gasteiger partial charge in [0.1, 0.15) is 17.7 Å². The van der Waals surface area contributed by atoms with E-state index >= 15 is 0 Å². The van der Waals surface area contributed by atoms with E-state index in [4.69, 9.17) is 14.6 Å². The van der Waals surface area contributed by atoms with Crippen LogP contribution in [-0.4, -0.2) is 18.3 Å². The molecule has 2 fully saturated rings. The summed E-state index contributed by atoms with van der Waals surface area (Å²) in [5, 5.41) is 8.73. The second-order valence-electron chi connectivity index (χ2n) is 7.10. The van der Waals surface area contributed by atoms with Crippen LogP contribution in [0.3, 0.4) is 0 Å². The molecule has 6 heteroatoms. The van der Waals surface area contributed by atoms with E-state index < -0.39 is 30.0 Å². The summed E-state index contributed by atoms with van der Waals surface area (Å²) in [5.74, 6) is -1.33. The van der Waals surface area contributed by atoms with Gasteiger partial charge < -0.3 is 9.31 Å². The highest BCUT2D eigenvalue weighted by atomic mass is 19.1. The van der Waals surface area contributed by atoms with Crippen molar-refractivity contribution in [1.82, 2.24) is 0 Å². The van der Waals surface area contributed by atoms with Crippen molar-refractivity contribution in [2.75, 3.05) is 0 Å². The molecule has 0 N–H and O–H groups in total. The lowest BCUT2D eigenvalue weighted by atomic mass is 9.79. The average molecular weight is 305 g/mol. The third kappa shape index (κ3) is 2.33. The molecule has 1 aromatic carbocycles. The van der Waals surface area contributed by atoms with Crippen molar-refractivity contribution in [3.8, 4) is 6.07 Å². The summed E-state index contributed by atoms with van der Waals surface area (Å²) < 4.78 is 39.7. The molecule has 0 spiro atoms. The van der Waals surface area contributed by atoms with E-state index in [1.54, 1.807) is 6.07 Å². The number of benzene rings is 1. The molecular weight excluding hydrogens is 287 g/mol. The zero-order valence-electron chi connectivity index (χ0n) is 13.1. The summed E-state index contributed by atoms with van der Waals surface area (Å²) in [6, 6.07) is 3.74. The molecule has 0 amide bonds. The number of rotatable bonds is 2. The first-order valence-corrected chi connectivity index (χ1v) is 7.41. The number of hydrogen-bond acceptors (Lipinski definition) is 3. The topological polar surface area (TPSA) is 42.2 Å². The van der Waals surface area contributed by atoms with Gasteiger partial charge in [0.25, 0.3) is 0 Å². The summed E-state index contributed by atoms with van der Waals surface area (Å²) in [6.45, 7) is 7.86. The molecule has 3 rings (SSSR count). The molecule has 0 bridgehead atoms. The Balaban J connectivity index is 1.79. The number of hydrogen-bond donors (Lipinski definition) is 0. The van der Waals surface area contributed by atoms with Crippen molar-refractivity contribution in [2.24, 2.45) is 0 Å². The van der Waals surface area contributed by atoms with Gasteiger partial charge in [-0.25, -0.2) is 8.78 Å². The Morgan fingerprint density at radius 3 is 2.27 bits per heavy atom. The minimum atomic E-state index is -0.682. The Bertz CT molecular complexity index is 653. The van der Waals surface area contributed by atoms with Crippen LogP contribution >= 0.6 is 0 Å². The van der Waals surface area contributed by atoms with Crippen LogP contribution in [0.25, 0.3) is 0 Å². The molecule has 0 radical (unpaired) electrons. The zero-order chi connectivity index (χ0) is 16.3. The standard InChI is InChI=1S/C16H18BF2NO2/c1-15(2)16(3,4)22-17(21-15)12-6-10(12)11-7-13(18)9(8-20)5-14(11)19/h5,7,10,12H,6H2,1-4H3/t10-,12?/m1/s1. The molecule has 1 aliphatic carbocycles. The molecule has 116 valence electrons. The molecule has 1 saturated heterocycles. The SMILES string of the molecule is CC1(C)OB(C2C[C@@H]2c2cc(F)c(C#N)cc2F)OC1(C)C. The fourth-order valence-electron chi connectivity index (χ4n) is 2.87. The Morgan fingerprint density at radius 1 is 1.14 bits per heavy atom. The smallest absolute Gasteiger partial charge is 0.403 e. The van der Waals surface area contributed by atoms with Gasteiger partial charge in [-0.15, -0.1) is 0 Å². The molecule has 2 aliphatic rings. The van der Waals surface area contributed by atoms with Gasteiger partial charge in [0.05, 0.1) is 16.8 Å². The molecule has 2 atom stereocenters. The van der Waals surface area contributed by atoms with E-state index in [2.05, 4.69) is 0 Å². The Morgan fingerprint density at radius 2 is 1.73 bits per heavy atom. The Hall–Kier alpha value is -1.45. The first-order chi connectivity index (χ1) is 10.2. The highest BCUT2D eigenvalue weighted by Gasteiger charge is 2.60. The lowest BCUT2D eigenvalue weighted by Crippen LogP contribution is -2.41. The third-order valence-corrected chi connectivity index (χ3v) is 5.07. The second kappa shape index (κ2) is 4.77. The largest absolute Gasteiger partial charge is 0.461 e. The van der Waals surface area contributed by atoms with E-state index in [-0.39, 0.29) is 17.3 Å². The maximum atomic E-state index is 14.1. The van der Waals surface area contributed by atoms with Gasteiger partial charge in [-0.05, 0) is 57.7 Å². The van der Waals surface area contributed by atoms with Crippen LogP contribution < -0.4 is 0 Å². The van der Waals surface area contributed by atoms with Crippen LogP contribution in [0.2, 0.25) is 5.82 Å². The van der Waals surface area contributed by atoms with Crippen molar-refractivity contribution in [3.63, 3.8) is 0 Å². The highest BCUT2D eigenvalue weighted by molar-refractivity contribution is 6.49. The quantitative estimate of drug-likeness (QED) is 0.781. The third-order valence-electron chi connectivity index (χ3n) is 5.07. The van der Waals surface area contributed by atoms with Gasteiger partial charge in [0.2, 0.25) is 0 Å². The minimum absolute atomic E-state index is 0.0166. The van der Waals surface area contributed by atoms with Crippen molar-refractivity contribution >= 4 is 7.12 Å². The minimum Gasteiger partial charge on any atom is -0.403 e. The summed E-state index contributed by atoms with van der Waals surface area (Å²) in [4.78, 5) is 0. The first kappa shape index (κ1) is 15.5. The number of nitrogens with zero attached hydrogens (tertiary/aromatic N) is 1. The van der Waals surface area contributed by atoms with Crippen molar-refractivity contribution in [2.45, 2.75) is 57.1 Å². The van der Waals surface area contributed by atoms with Crippen molar-refractivity contribution in [3.05, 3.63) is 34.9 Å². The van der Waals surface area contributed by atoms with Gasteiger partial charge >= 0.3 is 7.12 Å². The number of nitriles is 1.